The Labute approximate surface area is 187 Å². The number of ether oxygens (including phenoxy) is 1. The highest BCUT2D eigenvalue weighted by atomic mass is 127. The molecule has 0 amide bonds. The third-order valence-electron chi connectivity index (χ3n) is 5.95. The molecule has 1 aliphatic rings. The standard InChI is InChI=1S/C21H32IN3O3Si/c1-15-19(9-6-16-4-7-17(22)8-5-16)28-20(21(15)29(2,3)27)10-12-25-14-18(11-13-26)23-24-25/h4-5,7-8,14-15,19-21,26-27H,6,9-13H2,1-3H3/t15-,19+,20-,21+/m1/s1. The Morgan fingerprint density at radius 2 is 1.86 bits per heavy atom. The number of hydrogen-bond donors (Lipinski definition) is 2. The molecule has 29 heavy (non-hydrogen) atoms. The van der Waals surface area contributed by atoms with E-state index >= 15 is 0 Å². The Bertz CT molecular complexity index is 778. The lowest BCUT2D eigenvalue weighted by atomic mass is 9.95. The normalized spacial score (nSPS) is 24.9. The quantitative estimate of drug-likeness (QED) is 0.385. The molecule has 0 bridgehead atoms. The molecule has 1 aliphatic heterocycles. The van der Waals surface area contributed by atoms with E-state index in [-0.39, 0.29) is 24.4 Å². The molecule has 2 heterocycles. The van der Waals surface area contributed by atoms with Crippen molar-refractivity contribution in [3.05, 3.63) is 45.3 Å². The van der Waals surface area contributed by atoms with Gasteiger partial charge in [0.25, 0.3) is 0 Å². The SMILES string of the molecule is C[C@H]1[C@H]([Si](C)(C)O)[C@@H](CCn2cc(CCO)nn2)O[C@H]1CCc1ccc(I)cc1. The maximum absolute atomic E-state index is 11.0. The second kappa shape index (κ2) is 10.00. The van der Waals surface area contributed by atoms with Gasteiger partial charge in [0, 0.05) is 34.9 Å². The summed E-state index contributed by atoms with van der Waals surface area (Å²) in [6, 6.07) is 8.67. The lowest BCUT2D eigenvalue weighted by molar-refractivity contribution is 0.0245. The van der Waals surface area contributed by atoms with Gasteiger partial charge in [-0.15, -0.1) is 5.10 Å². The van der Waals surface area contributed by atoms with Crippen LogP contribution in [0, 0.1) is 9.49 Å². The Balaban J connectivity index is 1.62. The van der Waals surface area contributed by atoms with E-state index in [1.165, 1.54) is 9.13 Å². The molecule has 0 unspecified atom stereocenters. The van der Waals surface area contributed by atoms with Crippen molar-refractivity contribution in [3.63, 3.8) is 0 Å². The maximum atomic E-state index is 11.0. The highest BCUT2D eigenvalue weighted by Crippen LogP contribution is 2.45. The summed E-state index contributed by atoms with van der Waals surface area (Å²) in [6.07, 6.45) is 5.41. The van der Waals surface area contributed by atoms with Gasteiger partial charge in [-0.1, -0.05) is 24.3 Å². The van der Waals surface area contributed by atoms with Gasteiger partial charge in [0.15, 0.2) is 8.32 Å². The van der Waals surface area contributed by atoms with E-state index in [1.807, 2.05) is 24.0 Å². The van der Waals surface area contributed by atoms with Gasteiger partial charge in [-0.2, -0.15) is 0 Å². The molecular weight excluding hydrogens is 497 g/mol. The minimum absolute atomic E-state index is 0.0453. The van der Waals surface area contributed by atoms with Crippen LogP contribution in [0.25, 0.3) is 0 Å². The van der Waals surface area contributed by atoms with Gasteiger partial charge >= 0.3 is 0 Å². The van der Waals surface area contributed by atoms with E-state index in [2.05, 4.69) is 64.1 Å². The van der Waals surface area contributed by atoms with Crippen molar-refractivity contribution in [1.29, 1.82) is 0 Å². The van der Waals surface area contributed by atoms with Crippen LogP contribution in [0.4, 0.5) is 0 Å². The molecule has 1 aromatic heterocycles. The number of benzene rings is 1. The van der Waals surface area contributed by atoms with Crippen molar-refractivity contribution >= 4 is 30.9 Å². The predicted molar refractivity (Wildman–Crippen MR) is 124 cm³/mol. The van der Waals surface area contributed by atoms with E-state index < -0.39 is 8.32 Å². The van der Waals surface area contributed by atoms with E-state index in [0.29, 0.717) is 18.9 Å². The summed E-state index contributed by atoms with van der Waals surface area (Å²) in [4.78, 5) is 11.0. The zero-order chi connectivity index (χ0) is 21.0. The van der Waals surface area contributed by atoms with Crippen molar-refractivity contribution in [3.8, 4) is 0 Å². The number of aryl methyl sites for hydroxylation is 2. The van der Waals surface area contributed by atoms with Crippen LogP contribution < -0.4 is 0 Å². The molecule has 160 valence electrons. The molecule has 3 rings (SSSR count). The highest BCUT2D eigenvalue weighted by Gasteiger charge is 2.49. The number of aliphatic hydroxyl groups is 1. The molecule has 4 atom stereocenters. The van der Waals surface area contributed by atoms with Gasteiger partial charge in [-0.25, -0.2) is 0 Å². The topological polar surface area (TPSA) is 80.4 Å². The van der Waals surface area contributed by atoms with Gasteiger partial charge in [0.05, 0.1) is 17.9 Å². The first-order valence-corrected chi connectivity index (χ1v) is 14.5. The molecule has 2 aromatic rings. The summed E-state index contributed by atoms with van der Waals surface area (Å²) in [5.41, 5.74) is 2.35. The van der Waals surface area contributed by atoms with Crippen LogP contribution in [0.5, 0.6) is 0 Å². The van der Waals surface area contributed by atoms with E-state index in [9.17, 15) is 4.80 Å². The lowest BCUT2D eigenvalue weighted by Gasteiger charge is -2.30. The Morgan fingerprint density at radius 3 is 2.52 bits per heavy atom. The second-order valence-electron chi connectivity index (χ2n) is 8.65. The summed E-state index contributed by atoms with van der Waals surface area (Å²) in [7, 11) is -2.36. The van der Waals surface area contributed by atoms with Crippen LogP contribution in [0.2, 0.25) is 18.6 Å². The van der Waals surface area contributed by atoms with Crippen LogP contribution in [-0.4, -0.2) is 52.0 Å². The molecule has 8 heteroatoms. The van der Waals surface area contributed by atoms with E-state index in [1.54, 1.807) is 0 Å². The third kappa shape index (κ3) is 6.10. The molecular formula is C21H32IN3O3Si. The molecule has 6 nitrogen and oxygen atoms in total. The summed E-state index contributed by atoms with van der Waals surface area (Å²) < 4.78 is 9.58. The fraction of sp³-hybridized carbons (Fsp3) is 0.619. The summed E-state index contributed by atoms with van der Waals surface area (Å²) in [5.74, 6) is 0.344. The zero-order valence-electron chi connectivity index (χ0n) is 17.5. The molecule has 1 fully saturated rings. The van der Waals surface area contributed by atoms with Crippen molar-refractivity contribution in [2.75, 3.05) is 6.61 Å². The fourth-order valence-electron chi connectivity index (χ4n) is 4.58. The minimum Gasteiger partial charge on any atom is -0.432 e. The Kier molecular flexibility index (Phi) is 7.88. The Hall–Kier alpha value is -0.813. The predicted octanol–water partition coefficient (Wildman–Crippen LogP) is 3.41. The first-order chi connectivity index (χ1) is 13.8. The number of hydrogen-bond acceptors (Lipinski definition) is 5. The number of aromatic nitrogens is 3. The van der Waals surface area contributed by atoms with Crippen LogP contribution in [-0.2, 0) is 24.1 Å². The lowest BCUT2D eigenvalue weighted by Crippen LogP contribution is -2.40. The number of rotatable bonds is 9. The second-order valence-corrected chi connectivity index (χ2v) is 13.9. The Morgan fingerprint density at radius 1 is 1.14 bits per heavy atom. The molecule has 2 N–H and O–H groups in total. The minimum atomic E-state index is -2.36. The number of halogens is 1. The van der Waals surface area contributed by atoms with Crippen molar-refractivity contribution in [2.24, 2.45) is 5.92 Å². The molecule has 1 saturated heterocycles. The monoisotopic (exact) mass is 529 g/mol. The molecule has 0 aliphatic carbocycles. The highest BCUT2D eigenvalue weighted by molar-refractivity contribution is 14.1. The summed E-state index contributed by atoms with van der Waals surface area (Å²) in [6.45, 7) is 7.09. The van der Waals surface area contributed by atoms with Crippen LogP contribution in [0.3, 0.4) is 0 Å². The number of aliphatic hydroxyl groups excluding tert-OH is 1. The van der Waals surface area contributed by atoms with Crippen molar-refractivity contribution < 1.29 is 14.6 Å². The third-order valence-corrected chi connectivity index (χ3v) is 9.19. The number of nitrogens with zero attached hydrogens (tertiary/aromatic N) is 3. The van der Waals surface area contributed by atoms with Gasteiger partial charge in [-0.05, 0) is 78.6 Å². The average Bonchev–Trinajstić information content (AvgIpc) is 3.23. The average molecular weight is 529 g/mol. The van der Waals surface area contributed by atoms with Crippen LogP contribution in [0.15, 0.2) is 30.5 Å². The van der Waals surface area contributed by atoms with Gasteiger partial charge in [0.1, 0.15) is 0 Å². The molecule has 0 radical (unpaired) electrons. The summed E-state index contributed by atoms with van der Waals surface area (Å²) in [5, 5.41) is 17.3. The van der Waals surface area contributed by atoms with E-state index in [0.717, 1.165) is 25.0 Å². The first-order valence-electron chi connectivity index (χ1n) is 10.4. The van der Waals surface area contributed by atoms with Crippen LogP contribution >= 0.6 is 22.6 Å². The van der Waals surface area contributed by atoms with Crippen molar-refractivity contribution in [2.45, 2.75) is 70.0 Å². The van der Waals surface area contributed by atoms with Gasteiger partial charge < -0.3 is 14.6 Å². The van der Waals surface area contributed by atoms with Gasteiger partial charge in [-0.3, -0.25) is 4.68 Å². The first kappa shape index (κ1) is 22.9. The fourth-order valence-corrected chi connectivity index (χ4v) is 7.59. The molecule has 1 aromatic carbocycles. The smallest absolute Gasteiger partial charge is 0.188 e. The maximum Gasteiger partial charge on any atom is 0.188 e. The van der Waals surface area contributed by atoms with E-state index in [4.69, 9.17) is 9.84 Å². The molecule has 0 saturated carbocycles. The molecule has 0 spiro atoms. The summed E-state index contributed by atoms with van der Waals surface area (Å²) >= 11 is 2.33. The zero-order valence-corrected chi connectivity index (χ0v) is 20.6. The van der Waals surface area contributed by atoms with Crippen molar-refractivity contribution in [1.82, 2.24) is 15.0 Å². The largest absolute Gasteiger partial charge is 0.432 e. The van der Waals surface area contributed by atoms with Gasteiger partial charge in [0.2, 0.25) is 0 Å². The van der Waals surface area contributed by atoms with Crippen LogP contribution in [0.1, 0.15) is 31.0 Å².